The number of morpholine rings is 1. The standard InChI is InChI=1S/C31H40ClN3O9/c1-21-7-5-9-23(42-19-27(38)35-13-15-41-16-14-35)10-6-8-22(33-43-20-28(39)34-11-3-2-4-12-34)17-24-29(31(40)44-21)25(36)18-26(37)30(24)32/h5-6,8-9,18,21,23,36-37H,2-4,7,10-17,19-20H2,1H3/b8-6+,9-5+,33-22+/t21?,23-/m1/s1. The van der Waals surface area contributed by atoms with Crippen molar-refractivity contribution in [1.29, 1.82) is 0 Å². The third-order valence-corrected chi connectivity index (χ3v) is 7.97. The molecule has 1 aromatic rings. The van der Waals surface area contributed by atoms with Crippen molar-refractivity contribution in [1.82, 2.24) is 9.80 Å². The van der Waals surface area contributed by atoms with Gasteiger partial charge in [-0.05, 0) is 44.2 Å². The Morgan fingerprint density at radius 3 is 2.45 bits per heavy atom. The van der Waals surface area contributed by atoms with E-state index in [0.717, 1.165) is 25.3 Å². The van der Waals surface area contributed by atoms with E-state index in [1.54, 1.807) is 41.0 Å². The molecule has 2 saturated heterocycles. The molecule has 4 rings (SSSR count). The van der Waals surface area contributed by atoms with Crippen LogP contribution in [0.3, 0.4) is 0 Å². The van der Waals surface area contributed by atoms with Crippen molar-refractivity contribution in [3.8, 4) is 11.5 Å². The number of amides is 2. The second kappa shape index (κ2) is 16.5. The second-order valence-electron chi connectivity index (χ2n) is 10.9. The maximum absolute atomic E-state index is 13.2. The number of esters is 1. The summed E-state index contributed by atoms with van der Waals surface area (Å²) in [6, 6.07) is 0.983. The highest BCUT2D eigenvalue weighted by molar-refractivity contribution is 6.33. The number of phenolic OH excluding ortho intramolecular Hbond substituents is 2. The Labute approximate surface area is 261 Å². The summed E-state index contributed by atoms with van der Waals surface area (Å²) in [5.74, 6) is -2.06. The first-order valence-electron chi connectivity index (χ1n) is 14.9. The Kier molecular flexibility index (Phi) is 12.5. The van der Waals surface area contributed by atoms with Gasteiger partial charge in [0.1, 0.15) is 29.8 Å². The molecule has 0 saturated carbocycles. The van der Waals surface area contributed by atoms with Crippen LogP contribution in [-0.4, -0.2) is 108 Å². The van der Waals surface area contributed by atoms with Gasteiger partial charge in [-0.3, -0.25) is 9.59 Å². The lowest BCUT2D eigenvalue weighted by Crippen LogP contribution is -2.42. The fraction of sp³-hybridized carbons (Fsp3) is 0.548. The SMILES string of the molecule is CC1C/C=C/[C@@H](OCC(=O)N2CCOCC2)C/C=C/C(=N\OCC(=O)N2CCCCC2)Cc2c(Cl)c(O)cc(O)c2C(=O)O1. The molecule has 3 aliphatic rings. The Hall–Kier alpha value is -3.61. The number of likely N-dealkylation sites (tertiary alicyclic amines) is 1. The molecule has 2 atom stereocenters. The molecule has 3 aliphatic heterocycles. The van der Waals surface area contributed by atoms with E-state index in [4.69, 9.17) is 30.6 Å². The van der Waals surface area contributed by atoms with E-state index in [1.807, 2.05) is 0 Å². The molecule has 1 unspecified atom stereocenters. The normalized spacial score (nSPS) is 24.1. The van der Waals surface area contributed by atoms with Crippen molar-refractivity contribution in [3.05, 3.63) is 46.5 Å². The van der Waals surface area contributed by atoms with Crippen molar-refractivity contribution in [2.75, 3.05) is 52.6 Å². The summed E-state index contributed by atoms with van der Waals surface area (Å²) in [6.07, 6.45) is 9.48. The molecule has 0 radical (unpaired) electrons. The zero-order valence-electron chi connectivity index (χ0n) is 24.9. The van der Waals surface area contributed by atoms with E-state index < -0.39 is 29.7 Å². The number of nitrogens with zero attached hydrogens (tertiary/aromatic N) is 3. The van der Waals surface area contributed by atoms with E-state index >= 15 is 0 Å². The molecule has 2 N–H and O–H groups in total. The van der Waals surface area contributed by atoms with Gasteiger partial charge < -0.3 is 39.1 Å². The molecule has 13 heteroatoms. The zero-order valence-corrected chi connectivity index (χ0v) is 25.7. The Morgan fingerprint density at radius 2 is 1.70 bits per heavy atom. The van der Waals surface area contributed by atoms with Crippen LogP contribution >= 0.6 is 11.6 Å². The molecule has 0 aromatic heterocycles. The summed E-state index contributed by atoms with van der Waals surface area (Å²) in [4.78, 5) is 47.3. The summed E-state index contributed by atoms with van der Waals surface area (Å²) in [5.41, 5.74) is 0.149. The number of ether oxygens (including phenoxy) is 3. The fourth-order valence-corrected chi connectivity index (χ4v) is 5.34. The van der Waals surface area contributed by atoms with Gasteiger partial charge >= 0.3 is 5.97 Å². The number of hydrogen-bond acceptors (Lipinski definition) is 10. The van der Waals surface area contributed by atoms with E-state index in [9.17, 15) is 24.6 Å². The number of cyclic esters (lactones) is 1. The summed E-state index contributed by atoms with van der Waals surface area (Å²) in [7, 11) is 0. The van der Waals surface area contributed by atoms with Gasteiger partial charge in [0.2, 0.25) is 5.91 Å². The van der Waals surface area contributed by atoms with Crippen molar-refractivity contribution >= 4 is 35.1 Å². The third-order valence-electron chi connectivity index (χ3n) is 7.55. The summed E-state index contributed by atoms with van der Waals surface area (Å²) < 4.78 is 16.8. The van der Waals surface area contributed by atoms with Crippen LogP contribution in [0.5, 0.6) is 11.5 Å². The van der Waals surface area contributed by atoms with E-state index in [-0.39, 0.29) is 53.3 Å². The van der Waals surface area contributed by atoms with Crippen LogP contribution in [-0.2, 0) is 35.1 Å². The molecule has 0 bridgehead atoms. The molecular formula is C31H40ClN3O9. The number of halogens is 1. The number of carbonyl (C=O) groups is 3. The van der Waals surface area contributed by atoms with Crippen molar-refractivity contribution < 1.29 is 43.6 Å². The molecule has 0 spiro atoms. The quantitative estimate of drug-likeness (QED) is 0.273. The molecule has 44 heavy (non-hydrogen) atoms. The predicted octanol–water partition coefficient (Wildman–Crippen LogP) is 3.37. The van der Waals surface area contributed by atoms with Crippen molar-refractivity contribution in [2.24, 2.45) is 5.16 Å². The largest absolute Gasteiger partial charge is 0.507 e. The van der Waals surface area contributed by atoms with E-state index in [2.05, 4.69) is 5.16 Å². The van der Waals surface area contributed by atoms with Crippen LogP contribution in [0.1, 0.15) is 54.9 Å². The maximum Gasteiger partial charge on any atom is 0.342 e. The first-order valence-corrected chi connectivity index (χ1v) is 15.3. The number of benzene rings is 1. The van der Waals surface area contributed by atoms with E-state index in [0.29, 0.717) is 52.2 Å². The first kappa shape index (κ1) is 33.3. The van der Waals surface area contributed by atoms with Gasteiger partial charge in [-0.2, -0.15) is 0 Å². The lowest BCUT2D eigenvalue weighted by molar-refractivity contribution is -0.141. The maximum atomic E-state index is 13.2. The summed E-state index contributed by atoms with van der Waals surface area (Å²) in [6.45, 7) is 4.66. The van der Waals surface area contributed by atoms with Gasteiger partial charge in [0, 0.05) is 45.1 Å². The Morgan fingerprint density at radius 1 is 1.00 bits per heavy atom. The smallest absolute Gasteiger partial charge is 0.342 e. The van der Waals surface area contributed by atoms with Crippen LogP contribution in [0.4, 0.5) is 0 Å². The highest BCUT2D eigenvalue weighted by atomic mass is 35.5. The van der Waals surface area contributed by atoms with Gasteiger partial charge in [-0.1, -0.05) is 35.0 Å². The lowest BCUT2D eigenvalue weighted by atomic mass is 9.99. The van der Waals surface area contributed by atoms with Gasteiger partial charge in [0.05, 0.1) is 30.1 Å². The molecule has 12 nitrogen and oxygen atoms in total. The predicted molar refractivity (Wildman–Crippen MR) is 162 cm³/mol. The highest BCUT2D eigenvalue weighted by Gasteiger charge is 2.26. The Balaban J connectivity index is 1.57. The molecule has 2 fully saturated rings. The molecule has 1 aromatic carbocycles. The average Bonchev–Trinajstić information content (AvgIpc) is 3.02. The number of hydrogen-bond donors (Lipinski definition) is 2. The van der Waals surface area contributed by atoms with Gasteiger partial charge in [-0.25, -0.2) is 4.79 Å². The van der Waals surface area contributed by atoms with Crippen LogP contribution in [0, 0.1) is 0 Å². The van der Waals surface area contributed by atoms with Crippen LogP contribution in [0.25, 0.3) is 0 Å². The average molecular weight is 634 g/mol. The van der Waals surface area contributed by atoms with Crippen molar-refractivity contribution in [3.63, 3.8) is 0 Å². The minimum absolute atomic E-state index is 0.0900. The number of phenols is 2. The van der Waals surface area contributed by atoms with Crippen LogP contribution < -0.4 is 0 Å². The Bertz CT molecular complexity index is 1270. The second-order valence-corrected chi connectivity index (χ2v) is 11.3. The zero-order chi connectivity index (χ0) is 31.5. The monoisotopic (exact) mass is 633 g/mol. The topological polar surface area (TPSA) is 147 Å². The third kappa shape index (κ3) is 9.44. The van der Waals surface area contributed by atoms with E-state index in [1.165, 1.54) is 0 Å². The summed E-state index contributed by atoms with van der Waals surface area (Å²) in [5, 5.41) is 25.0. The number of aromatic hydroxyl groups is 2. The minimum atomic E-state index is -0.828. The number of oxime groups is 1. The molecule has 0 aliphatic carbocycles. The lowest BCUT2D eigenvalue weighted by Gasteiger charge is -2.27. The number of carbonyl (C=O) groups excluding carboxylic acids is 3. The number of fused-ring (bicyclic) bond motifs is 1. The molecule has 240 valence electrons. The molecule has 2 amide bonds. The molecular weight excluding hydrogens is 594 g/mol. The fourth-order valence-electron chi connectivity index (χ4n) is 5.12. The number of rotatable bonds is 6. The van der Waals surface area contributed by atoms with Gasteiger partial charge in [0.15, 0.2) is 6.61 Å². The highest BCUT2D eigenvalue weighted by Crippen LogP contribution is 2.37. The summed E-state index contributed by atoms with van der Waals surface area (Å²) >= 11 is 6.42. The number of allylic oxidation sites excluding steroid dienone is 1. The van der Waals surface area contributed by atoms with Gasteiger partial charge in [0.25, 0.3) is 5.91 Å². The van der Waals surface area contributed by atoms with Crippen molar-refractivity contribution in [2.45, 2.75) is 57.7 Å². The van der Waals surface area contributed by atoms with Crippen LogP contribution in [0.2, 0.25) is 5.02 Å². The minimum Gasteiger partial charge on any atom is -0.507 e. The number of piperidine rings is 1. The van der Waals surface area contributed by atoms with Crippen LogP contribution in [0.15, 0.2) is 35.5 Å². The van der Waals surface area contributed by atoms with Gasteiger partial charge in [-0.15, -0.1) is 0 Å². The molecule has 3 heterocycles. The first-order chi connectivity index (χ1) is 21.2.